The van der Waals surface area contributed by atoms with Crippen molar-refractivity contribution in [2.75, 3.05) is 6.61 Å². The number of benzene rings is 1. The molecule has 0 saturated carbocycles. The van der Waals surface area contributed by atoms with Crippen LogP contribution in [0, 0.1) is 5.82 Å². The van der Waals surface area contributed by atoms with Crippen LogP contribution < -0.4 is 5.73 Å². The summed E-state index contributed by atoms with van der Waals surface area (Å²) < 4.78 is 12.5. The Hall–Kier alpha value is -1.13. The molecule has 1 rings (SSSR count). The quantitative estimate of drug-likeness (QED) is 0.607. The highest BCUT2D eigenvalue weighted by Gasteiger charge is 2.07. The fourth-order valence-electron chi connectivity index (χ4n) is 0.866. The molecule has 0 aliphatic rings. The number of aromatic hydroxyl groups is 1. The van der Waals surface area contributed by atoms with Crippen molar-refractivity contribution in [3.63, 3.8) is 0 Å². The Morgan fingerprint density at radius 1 is 1.50 bits per heavy atom. The molecule has 0 aromatic heterocycles. The first-order valence-corrected chi connectivity index (χ1v) is 3.50. The van der Waals surface area contributed by atoms with Crippen LogP contribution in [0.25, 0.3) is 0 Å². The molecule has 12 heavy (non-hydrogen) atoms. The molecule has 0 fully saturated rings. The summed E-state index contributed by atoms with van der Waals surface area (Å²) in [5, 5.41) is 17.6. The van der Waals surface area contributed by atoms with E-state index in [0.717, 1.165) is 6.07 Å². The van der Waals surface area contributed by atoms with Crippen LogP contribution >= 0.6 is 0 Å². The van der Waals surface area contributed by atoms with Gasteiger partial charge in [0.15, 0.2) is 11.6 Å². The predicted octanol–water partition coefficient (Wildman–Crippen LogP) is 0.523. The molecule has 1 aromatic rings. The van der Waals surface area contributed by atoms with Crippen LogP contribution in [0.15, 0.2) is 18.2 Å². The third kappa shape index (κ3) is 1.72. The predicted molar refractivity (Wildman–Crippen MR) is 42.1 cm³/mol. The van der Waals surface area contributed by atoms with Crippen LogP contribution in [-0.4, -0.2) is 16.8 Å². The van der Waals surface area contributed by atoms with E-state index in [0.29, 0.717) is 5.56 Å². The molecular weight excluding hydrogens is 161 g/mol. The highest BCUT2D eigenvalue weighted by molar-refractivity contribution is 5.30. The summed E-state index contributed by atoms with van der Waals surface area (Å²) in [6, 6.07) is 3.17. The maximum absolute atomic E-state index is 12.5. The van der Waals surface area contributed by atoms with Gasteiger partial charge >= 0.3 is 0 Å². The minimum absolute atomic E-state index is 0.231. The fourth-order valence-corrected chi connectivity index (χ4v) is 0.866. The van der Waals surface area contributed by atoms with Crippen LogP contribution in [-0.2, 0) is 0 Å². The van der Waals surface area contributed by atoms with Crippen LogP contribution in [0.4, 0.5) is 4.39 Å². The minimum Gasteiger partial charge on any atom is -0.505 e. The van der Waals surface area contributed by atoms with Crippen LogP contribution in [0.1, 0.15) is 11.6 Å². The van der Waals surface area contributed by atoms with Crippen molar-refractivity contribution < 1.29 is 14.6 Å². The highest BCUT2D eigenvalue weighted by atomic mass is 19.1. The SMILES string of the molecule is NC(CO)c1ccc(F)c(O)c1. The first-order chi connectivity index (χ1) is 5.65. The summed E-state index contributed by atoms with van der Waals surface area (Å²) in [5.41, 5.74) is 5.94. The molecular formula is C8H10FNO2. The lowest BCUT2D eigenvalue weighted by Gasteiger charge is -2.08. The van der Waals surface area contributed by atoms with Gasteiger partial charge in [-0.1, -0.05) is 6.07 Å². The Kier molecular flexibility index (Phi) is 2.62. The van der Waals surface area contributed by atoms with E-state index in [1.165, 1.54) is 12.1 Å². The van der Waals surface area contributed by atoms with E-state index in [1.807, 2.05) is 0 Å². The number of phenolic OH excluding ortho intramolecular Hbond substituents is 1. The maximum Gasteiger partial charge on any atom is 0.164 e. The average molecular weight is 171 g/mol. The summed E-state index contributed by atoms with van der Waals surface area (Å²) in [6.07, 6.45) is 0. The van der Waals surface area contributed by atoms with E-state index < -0.39 is 17.6 Å². The number of rotatable bonds is 2. The van der Waals surface area contributed by atoms with E-state index in [9.17, 15) is 4.39 Å². The Morgan fingerprint density at radius 2 is 2.17 bits per heavy atom. The van der Waals surface area contributed by atoms with Crippen molar-refractivity contribution in [2.24, 2.45) is 5.73 Å². The lowest BCUT2D eigenvalue weighted by molar-refractivity contribution is 0.267. The second kappa shape index (κ2) is 3.51. The zero-order chi connectivity index (χ0) is 9.14. The largest absolute Gasteiger partial charge is 0.505 e. The highest BCUT2D eigenvalue weighted by Crippen LogP contribution is 2.19. The van der Waals surface area contributed by atoms with Gasteiger partial charge in [-0.3, -0.25) is 0 Å². The fraction of sp³-hybridized carbons (Fsp3) is 0.250. The van der Waals surface area contributed by atoms with Gasteiger partial charge in [0.2, 0.25) is 0 Å². The molecule has 1 unspecified atom stereocenters. The molecule has 0 bridgehead atoms. The zero-order valence-corrected chi connectivity index (χ0v) is 6.37. The summed E-state index contributed by atoms with van der Waals surface area (Å²) >= 11 is 0. The second-order valence-electron chi connectivity index (χ2n) is 2.50. The molecule has 0 aliphatic carbocycles. The van der Waals surface area contributed by atoms with E-state index in [1.54, 1.807) is 0 Å². The minimum atomic E-state index is -0.691. The smallest absolute Gasteiger partial charge is 0.164 e. The zero-order valence-electron chi connectivity index (χ0n) is 6.37. The molecule has 0 saturated heterocycles. The van der Waals surface area contributed by atoms with Crippen molar-refractivity contribution in [2.45, 2.75) is 6.04 Å². The third-order valence-electron chi connectivity index (χ3n) is 1.60. The number of aliphatic hydroxyl groups is 1. The molecule has 4 heteroatoms. The van der Waals surface area contributed by atoms with Gasteiger partial charge in [-0.05, 0) is 17.7 Å². The van der Waals surface area contributed by atoms with Gasteiger partial charge in [-0.15, -0.1) is 0 Å². The van der Waals surface area contributed by atoms with E-state index in [-0.39, 0.29) is 6.61 Å². The molecule has 66 valence electrons. The molecule has 1 atom stereocenters. The van der Waals surface area contributed by atoms with Crippen LogP contribution in [0.2, 0.25) is 0 Å². The summed E-state index contributed by atoms with van der Waals surface area (Å²) in [4.78, 5) is 0. The molecule has 3 nitrogen and oxygen atoms in total. The molecule has 0 radical (unpaired) electrons. The van der Waals surface area contributed by atoms with Crippen LogP contribution in [0.5, 0.6) is 5.75 Å². The number of phenols is 1. The number of halogens is 1. The van der Waals surface area contributed by atoms with Crippen molar-refractivity contribution in [1.82, 2.24) is 0 Å². The lowest BCUT2D eigenvalue weighted by Crippen LogP contribution is -2.14. The molecule has 0 heterocycles. The first-order valence-electron chi connectivity index (χ1n) is 3.50. The van der Waals surface area contributed by atoms with Crippen LogP contribution in [0.3, 0.4) is 0 Å². The van der Waals surface area contributed by atoms with Gasteiger partial charge in [0.1, 0.15) is 0 Å². The Balaban J connectivity index is 2.96. The summed E-state index contributed by atoms with van der Waals surface area (Å²) in [6.45, 7) is -0.231. The number of hydrogen-bond acceptors (Lipinski definition) is 3. The topological polar surface area (TPSA) is 66.5 Å². The summed E-state index contributed by atoms with van der Waals surface area (Å²) in [7, 11) is 0. The monoisotopic (exact) mass is 171 g/mol. The molecule has 1 aromatic carbocycles. The molecule has 0 spiro atoms. The Morgan fingerprint density at radius 3 is 2.67 bits per heavy atom. The van der Waals surface area contributed by atoms with E-state index in [4.69, 9.17) is 15.9 Å². The average Bonchev–Trinajstić information content (AvgIpc) is 2.08. The van der Waals surface area contributed by atoms with E-state index in [2.05, 4.69) is 0 Å². The maximum atomic E-state index is 12.5. The lowest BCUT2D eigenvalue weighted by atomic mass is 10.1. The second-order valence-corrected chi connectivity index (χ2v) is 2.50. The van der Waals surface area contributed by atoms with Gasteiger partial charge in [-0.2, -0.15) is 0 Å². The number of nitrogens with two attached hydrogens (primary N) is 1. The first kappa shape index (κ1) is 8.96. The van der Waals surface area contributed by atoms with Crippen molar-refractivity contribution >= 4 is 0 Å². The summed E-state index contributed by atoms with van der Waals surface area (Å²) in [5.74, 6) is -1.14. The molecule has 0 amide bonds. The van der Waals surface area contributed by atoms with E-state index >= 15 is 0 Å². The van der Waals surface area contributed by atoms with Crippen molar-refractivity contribution in [3.05, 3.63) is 29.6 Å². The van der Waals surface area contributed by atoms with Crippen molar-refractivity contribution in [1.29, 1.82) is 0 Å². The number of hydrogen-bond donors (Lipinski definition) is 3. The molecule has 4 N–H and O–H groups in total. The standard InChI is InChI=1S/C8H10FNO2/c9-6-2-1-5(3-8(6)12)7(10)4-11/h1-3,7,11-12H,4,10H2. The van der Waals surface area contributed by atoms with Gasteiger partial charge < -0.3 is 15.9 Å². The Labute approximate surface area is 69.3 Å². The van der Waals surface area contributed by atoms with Gasteiger partial charge in [0.25, 0.3) is 0 Å². The van der Waals surface area contributed by atoms with Gasteiger partial charge in [0.05, 0.1) is 12.6 Å². The Bertz CT molecular complexity index is 278. The van der Waals surface area contributed by atoms with Gasteiger partial charge in [0, 0.05) is 0 Å². The molecule has 0 aliphatic heterocycles. The van der Waals surface area contributed by atoms with Crippen molar-refractivity contribution in [3.8, 4) is 5.75 Å². The normalized spacial score (nSPS) is 12.9. The third-order valence-corrected chi connectivity index (χ3v) is 1.60. The number of aliphatic hydroxyl groups excluding tert-OH is 1. The van der Waals surface area contributed by atoms with Gasteiger partial charge in [-0.25, -0.2) is 4.39 Å².